The van der Waals surface area contributed by atoms with Crippen molar-refractivity contribution in [3.63, 3.8) is 0 Å². The molecular weight excluding hydrogens is 390 g/mol. The molecule has 1 aromatic heterocycles. The Bertz CT molecular complexity index is 978. The van der Waals surface area contributed by atoms with Crippen LogP contribution in [-0.4, -0.2) is 36.6 Å². The summed E-state index contributed by atoms with van der Waals surface area (Å²) in [6.45, 7) is 2.48. The number of carbonyl (C=O) groups excluding carboxylic acids is 1. The fourth-order valence-corrected chi connectivity index (χ4v) is 5.54. The van der Waals surface area contributed by atoms with Gasteiger partial charge in [-0.15, -0.1) is 11.3 Å². The van der Waals surface area contributed by atoms with Crippen LogP contribution in [0.4, 0.5) is 11.4 Å². The second-order valence-electron chi connectivity index (χ2n) is 6.22. The SMILES string of the molecule is Cc1sc(C(=O)Nc2ccccc2S(=O)(=O)N2CCCCC2)cc1[N+](=O)[O-]. The maximum atomic E-state index is 13.0. The summed E-state index contributed by atoms with van der Waals surface area (Å²) in [5.41, 5.74) is 0.0427. The molecule has 1 aromatic carbocycles. The van der Waals surface area contributed by atoms with Gasteiger partial charge in [0, 0.05) is 19.2 Å². The van der Waals surface area contributed by atoms with Gasteiger partial charge in [-0.3, -0.25) is 14.9 Å². The van der Waals surface area contributed by atoms with Gasteiger partial charge in [0.2, 0.25) is 10.0 Å². The molecule has 2 aromatic rings. The Kier molecular flexibility index (Phi) is 5.59. The molecule has 1 amide bonds. The summed E-state index contributed by atoms with van der Waals surface area (Å²) in [7, 11) is -3.72. The fourth-order valence-electron chi connectivity index (χ4n) is 2.99. The monoisotopic (exact) mass is 409 g/mol. The highest BCUT2D eigenvalue weighted by molar-refractivity contribution is 7.89. The van der Waals surface area contributed by atoms with Crippen LogP contribution in [0.2, 0.25) is 0 Å². The van der Waals surface area contributed by atoms with Crippen LogP contribution in [0.25, 0.3) is 0 Å². The molecule has 3 rings (SSSR count). The lowest BCUT2D eigenvalue weighted by Gasteiger charge is -2.26. The Balaban J connectivity index is 1.89. The number of para-hydroxylation sites is 1. The molecule has 1 aliphatic rings. The van der Waals surface area contributed by atoms with Crippen molar-refractivity contribution >= 4 is 38.6 Å². The number of piperidine rings is 1. The maximum Gasteiger partial charge on any atom is 0.283 e. The number of aryl methyl sites for hydroxylation is 1. The highest BCUT2D eigenvalue weighted by atomic mass is 32.2. The van der Waals surface area contributed by atoms with Gasteiger partial charge in [-0.1, -0.05) is 18.6 Å². The van der Waals surface area contributed by atoms with Crippen molar-refractivity contribution in [1.82, 2.24) is 4.31 Å². The van der Waals surface area contributed by atoms with Gasteiger partial charge in [0.15, 0.2) is 0 Å². The first-order valence-corrected chi connectivity index (χ1v) is 10.7. The molecule has 0 saturated carbocycles. The third-order valence-corrected chi connectivity index (χ3v) is 7.38. The lowest BCUT2D eigenvalue weighted by atomic mass is 10.2. The Morgan fingerprint density at radius 2 is 1.89 bits per heavy atom. The van der Waals surface area contributed by atoms with E-state index < -0.39 is 20.9 Å². The van der Waals surface area contributed by atoms with Crippen molar-refractivity contribution in [2.45, 2.75) is 31.1 Å². The molecule has 2 heterocycles. The molecule has 1 N–H and O–H groups in total. The third kappa shape index (κ3) is 4.02. The van der Waals surface area contributed by atoms with E-state index in [0.29, 0.717) is 18.0 Å². The molecule has 10 heteroatoms. The molecule has 8 nitrogen and oxygen atoms in total. The molecule has 144 valence electrons. The Hall–Kier alpha value is -2.30. The van der Waals surface area contributed by atoms with Crippen LogP contribution in [0.3, 0.4) is 0 Å². The normalized spacial score (nSPS) is 15.4. The van der Waals surface area contributed by atoms with E-state index in [9.17, 15) is 23.3 Å². The molecule has 1 fully saturated rings. The van der Waals surface area contributed by atoms with Crippen molar-refractivity contribution in [2.75, 3.05) is 18.4 Å². The molecule has 1 aliphatic heterocycles. The first kappa shape index (κ1) is 19.5. The van der Waals surface area contributed by atoms with Crippen molar-refractivity contribution in [3.8, 4) is 0 Å². The van der Waals surface area contributed by atoms with Crippen LogP contribution >= 0.6 is 11.3 Å². The van der Waals surface area contributed by atoms with Gasteiger partial charge in [-0.05, 0) is 31.9 Å². The Morgan fingerprint density at radius 3 is 2.52 bits per heavy atom. The number of anilines is 1. The third-order valence-electron chi connectivity index (χ3n) is 4.38. The van der Waals surface area contributed by atoms with Crippen LogP contribution in [0, 0.1) is 17.0 Å². The lowest BCUT2D eigenvalue weighted by Crippen LogP contribution is -2.36. The number of thiophene rings is 1. The number of carbonyl (C=O) groups is 1. The molecule has 0 unspecified atom stereocenters. The number of hydrogen-bond acceptors (Lipinski definition) is 6. The minimum absolute atomic E-state index is 0.0306. The summed E-state index contributed by atoms with van der Waals surface area (Å²) in [5.74, 6) is -0.572. The molecule has 0 aliphatic carbocycles. The molecule has 0 spiro atoms. The average Bonchev–Trinajstić information content (AvgIpc) is 3.05. The molecule has 1 saturated heterocycles. The minimum atomic E-state index is -3.72. The number of benzene rings is 1. The van der Waals surface area contributed by atoms with Gasteiger partial charge in [-0.2, -0.15) is 4.31 Å². The van der Waals surface area contributed by atoms with Gasteiger partial charge in [0.25, 0.3) is 11.6 Å². The van der Waals surface area contributed by atoms with E-state index in [1.807, 2.05) is 0 Å². The van der Waals surface area contributed by atoms with Gasteiger partial charge < -0.3 is 5.32 Å². The van der Waals surface area contributed by atoms with Crippen molar-refractivity contribution in [1.29, 1.82) is 0 Å². The molecule has 0 bridgehead atoms. The quantitative estimate of drug-likeness (QED) is 0.601. The number of sulfonamides is 1. The van der Waals surface area contributed by atoms with Gasteiger partial charge in [0.1, 0.15) is 4.90 Å². The van der Waals surface area contributed by atoms with Crippen molar-refractivity contribution in [2.24, 2.45) is 0 Å². The van der Waals surface area contributed by atoms with E-state index >= 15 is 0 Å². The van der Waals surface area contributed by atoms with E-state index in [1.165, 1.54) is 22.5 Å². The highest BCUT2D eigenvalue weighted by Crippen LogP contribution is 2.30. The van der Waals surface area contributed by atoms with Gasteiger partial charge >= 0.3 is 0 Å². The number of hydrogen-bond donors (Lipinski definition) is 1. The van der Waals surface area contributed by atoms with Crippen LogP contribution in [0.5, 0.6) is 0 Å². The largest absolute Gasteiger partial charge is 0.320 e. The van der Waals surface area contributed by atoms with Gasteiger partial charge in [-0.25, -0.2) is 8.42 Å². The predicted octanol–water partition coefficient (Wildman–Crippen LogP) is 3.39. The zero-order valence-corrected chi connectivity index (χ0v) is 16.3. The predicted molar refractivity (Wildman–Crippen MR) is 103 cm³/mol. The number of nitrogens with one attached hydrogen (secondary N) is 1. The zero-order chi connectivity index (χ0) is 19.6. The fraction of sp³-hybridized carbons (Fsp3) is 0.353. The first-order chi connectivity index (χ1) is 12.8. The number of nitro groups is 1. The zero-order valence-electron chi connectivity index (χ0n) is 14.7. The lowest BCUT2D eigenvalue weighted by molar-refractivity contribution is -0.385. The summed E-state index contributed by atoms with van der Waals surface area (Å²) < 4.78 is 27.4. The van der Waals surface area contributed by atoms with Crippen LogP contribution < -0.4 is 5.32 Å². The van der Waals surface area contributed by atoms with Crippen molar-refractivity contribution in [3.05, 3.63) is 50.2 Å². The summed E-state index contributed by atoms with van der Waals surface area (Å²) >= 11 is 0.998. The van der Waals surface area contributed by atoms with E-state index in [1.54, 1.807) is 19.1 Å². The van der Waals surface area contributed by atoms with Crippen LogP contribution in [0.15, 0.2) is 35.2 Å². The summed E-state index contributed by atoms with van der Waals surface area (Å²) in [6.07, 6.45) is 2.62. The summed E-state index contributed by atoms with van der Waals surface area (Å²) in [6, 6.07) is 7.42. The molecule has 0 atom stereocenters. The van der Waals surface area contributed by atoms with E-state index in [2.05, 4.69) is 5.32 Å². The number of rotatable bonds is 5. The molecule has 0 radical (unpaired) electrons. The summed E-state index contributed by atoms with van der Waals surface area (Å²) in [4.78, 5) is 23.6. The van der Waals surface area contributed by atoms with Crippen LogP contribution in [-0.2, 0) is 10.0 Å². The van der Waals surface area contributed by atoms with E-state index in [0.717, 1.165) is 30.6 Å². The topological polar surface area (TPSA) is 110 Å². The van der Waals surface area contributed by atoms with Crippen molar-refractivity contribution < 1.29 is 18.1 Å². The maximum absolute atomic E-state index is 13.0. The summed E-state index contributed by atoms with van der Waals surface area (Å²) in [5, 5.41) is 13.6. The second-order valence-corrected chi connectivity index (χ2v) is 9.39. The smallest absolute Gasteiger partial charge is 0.283 e. The average molecular weight is 409 g/mol. The molecule has 27 heavy (non-hydrogen) atoms. The Labute approximate surface area is 161 Å². The number of amides is 1. The van der Waals surface area contributed by atoms with Crippen LogP contribution in [0.1, 0.15) is 33.8 Å². The van der Waals surface area contributed by atoms with E-state index in [4.69, 9.17) is 0 Å². The highest BCUT2D eigenvalue weighted by Gasteiger charge is 2.29. The molecular formula is C17H19N3O5S2. The Morgan fingerprint density at radius 1 is 1.22 bits per heavy atom. The minimum Gasteiger partial charge on any atom is -0.320 e. The number of nitrogens with zero attached hydrogens (tertiary/aromatic N) is 2. The first-order valence-electron chi connectivity index (χ1n) is 8.46. The van der Waals surface area contributed by atoms with E-state index in [-0.39, 0.29) is 21.1 Å². The standard InChI is InChI=1S/C17H19N3O5S2/c1-12-14(20(22)23)11-15(26-12)17(21)18-13-7-3-4-8-16(13)27(24,25)19-9-5-2-6-10-19/h3-4,7-8,11H,2,5-6,9-10H2,1H3,(H,18,21). The second kappa shape index (κ2) is 7.75. The van der Waals surface area contributed by atoms with Gasteiger partial charge in [0.05, 0.1) is 20.4 Å².